The van der Waals surface area contributed by atoms with E-state index in [0.29, 0.717) is 24.8 Å². The lowest BCUT2D eigenvalue weighted by Gasteiger charge is -2.21. The lowest BCUT2D eigenvalue weighted by molar-refractivity contribution is 0.560. The molecule has 0 aliphatic heterocycles. The monoisotopic (exact) mass is 353 g/mol. The average molecular weight is 354 g/mol. The van der Waals surface area contributed by atoms with Crippen LogP contribution in [0.3, 0.4) is 0 Å². The predicted octanol–water partition coefficient (Wildman–Crippen LogP) is 2.57. The summed E-state index contributed by atoms with van der Waals surface area (Å²) in [5.74, 6) is 1.10. The standard InChI is InChI=1S/C18H28FN3OS/c1-17(2,3)24(23)12-11-21-16(20-4)22-13-18(9-10-18)14-7-5-6-8-15(14)19/h5-8H,9-13H2,1-4H3,(H2,20,21,22). The summed E-state index contributed by atoms with van der Waals surface area (Å²) >= 11 is 0. The fraction of sp³-hybridized carbons (Fsp3) is 0.611. The van der Waals surface area contributed by atoms with Crippen LogP contribution >= 0.6 is 0 Å². The van der Waals surface area contributed by atoms with Gasteiger partial charge in [-0.2, -0.15) is 0 Å². The summed E-state index contributed by atoms with van der Waals surface area (Å²) in [6.07, 6.45) is 1.96. The highest BCUT2D eigenvalue weighted by molar-refractivity contribution is 7.86. The van der Waals surface area contributed by atoms with Crippen molar-refractivity contribution < 1.29 is 8.60 Å². The van der Waals surface area contributed by atoms with Gasteiger partial charge in [-0.1, -0.05) is 18.2 Å². The second-order valence-electron chi connectivity index (χ2n) is 7.27. The highest BCUT2D eigenvalue weighted by Gasteiger charge is 2.45. The van der Waals surface area contributed by atoms with Gasteiger partial charge in [-0.3, -0.25) is 9.20 Å². The van der Waals surface area contributed by atoms with Crippen LogP contribution in [0.25, 0.3) is 0 Å². The van der Waals surface area contributed by atoms with Crippen molar-refractivity contribution in [3.8, 4) is 0 Å². The molecule has 1 aliphatic rings. The molecule has 6 heteroatoms. The molecule has 1 aromatic carbocycles. The minimum atomic E-state index is -0.892. The van der Waals surface area contributed by atoms with Crippen molar-refractivity contribution in [1.82, 2.24) is 10.6 Å². The summed E-state index contributed by atoms with van der Waals surface area (Å²) in [5.41, 5.74) is 0.652. The molecule has 134 valence electrons. The van der Waals surface area contributed by atoms with E-state index in [1.54, 1.807) is 13.1 Å². The molecule has 0 radical (unpaired) electrons. The van der Waals surface area contributed by atoms with Crippen LogP contribution in [0.1, 0.15) is 39.2 Å². The van der Waals surface area contributed by atoms with Gasteiger partial charge in [0.05, 0.1) is 0 Å². The van der Waals surface area contributed by atoms with E-state index in [4.69, 9.17) is 0 Å². The van der Waals surface area contributed by atoms with E-state index in [1.807, 2.05) is 32.9 Å². The summed E-state index contributed by atoms with van der Waals surface area (Å²) in [5, 5.41) is 6.47. The second-order valence-corrected chi connectivity index (χ2v) is 9.60. The largest absolute Gasteiger partial charge is 0.356 e. The SMILES string of the molecule is CN=C(NCCS(=O)C(C)(C)C)NCC1(c2ccccc2F)CC1. The smallest absolute Gasteiger partial charge is 0.191 e. The Morgan fingerprint density at radius 3 is 2.50 bits per heavy atom. The van der Waals surface area contributed by atoms with Crippen molar-refractivity contribution in [3.05, 3.63) is 35.6 Å². The Labute approximate surface area is 146 Å². The van der Waals surface area contributed by atoms with Gasteiger partial charge < -0.3 is 10.6 Å². The first-order valence-corrected chi connectivity index (χ1v) is 9.68. The normalized spacial score (nSPS) is 18.1. The van der Waals surface area contributed by atoms with Gasteiger partial charge >= 0.3 is 0 Å². The molecular formula is C18H28FN3OS. The number of aliphatic imine (C=N–C) groups is 1. The molecule has 4 nitrogen and oxygen atoms in total. The van der Waals surface area contributed by atoms with Crippen LogP contribution < -0.4 is 10.6 Å². The third-order valence-corrected chi connectivity index (χ3v) is 6.32. The summed E-state index contributed by atoms with van der Waals surface area (Å²) in [6, 6.07) is 6.99. The van der Waals surface area contributed by atoms with E-state index in [9.17, 15) is 8.60 Å². The lowest BCUT2D eigenvalue weighted by atomic mass is 9.95. The molecule has 1 aliphatic carbocycles. The van der Waals surface area contributed by atoms with Gasteiger partial charge in [0.15, 0.2) is 5.96 Å². The first-order valence-electron chi connectivity index (χ1n) is 8.36. The Hall–Kier alpha value is -1.43. The molecule has 24 heavy (non-hydrogen) atoms. The molecule has 0 aromatic heterocycles. The van der Waals surface area contributed by atoms with Crippen molar-refractivity contribution in [2.24, 2.45) is 4.99 Å². The van der Waals surface area contributed by atoms with Crippen molar-refractivity contribution in [3.63, 3.8) is 0 Å². The van der Waals surface area contributed by atoms with E-state index in [-0.39, 0.29) is 16.0 Å². The predicted molar refractivity (Wildman–Crippen MR) is 99.4 cm³/mol. The molecule has 1 saturated carbocycles. The summed E-state index contributed by atoms with van der Waals surface area (Å²) < 4.78 is 25.9. The second kappa shape index (κ2) is 7.64. The van der Waals surface area contributed by atoms with E-state index in [2.05, 4.69) is 15.6 Å². The van der Waals surface area contributed by atoms with Crippen molar-refractivity contribution >= 4 is 16.8 Å². The Kier molecular flexibility index (Phi) is 6.01. The van der Waals surface area contributed by atoms with E-state index in [0.717, 1.165) is 18.4 Å². The van der Waals surface area contributed by atoms with E-state index < -0.39 is 10.8 Å². The number of nitrogens with zero attached hydrogens (tertiary/aromatic N) is 1. The average Bonchev–Trinajstić information content (AvgIpc) is 3.31. The Bertz CT molecular complexity index is 621. The Morgan fingerprint density at radius 1 is 1.29 bits per heavy atom. The maximum absolute atomic E-state index is 14.0. The van der Waals surface area contributed by atoms with Crippen molar-refractivity contribution in [2.75, 3.05) is 25.9 Å². The first-order chi connectivity index (χ1) is 11.3. The van der Waals surface area contributed by atoms with Crippen LogP contribution in [0.4, 0.5) is 4.39 Å². The number of hydrogen-bond acceptors (Lipinski definition) is 2. The molecule has 2 rings (SSSR count). The van der Waals surface area contributed by atoms with Crippen LogP contribution in [-0.4, -0.2) is 40.8 Å². The fourth-order valence-electron chi connectivity index (χ4n) is 2.63. The van der Waals surface area contributed by atoms with Gasteiger partial charge in [-0.05, 0) is 45.2 Å². The van der Waals surface area contributed by atoms with Crippen LogP contribution in [0.15, 0.2) is 29.3 Å². The van der Waals surface area contributed by atoms with E-state index >= 15 is 0 Å². The summed E-state index contributed by atoms with van der Waals surface area (Å²) in [6.45, 7) is 7.16. The summed E-state index contributed by atoms with van der Waals surface area (Å²) in [4.78, 5) is 4.20. The van der Waals surface area contributed by atoms with Crippen molar-refractivity contribution in [2.45, 2.75) is 43.8 Å². The number of halogens is 1. The molecule has 1 aromatic rings. The third kappa shape index (κ3) is 4.79. The molecule has 0 amide bonds. The van der Waals surface area contributed by atoms with Crippen LogP contribution in [0.5, 0.6) is 0 Å². The molecule has 1 atom stereocenters. The van der Waals surface area contributed by atoms with Crippen LogP contribution in [0, 0.1) is 5.82 Å². The van der Waals surface area contributed by atoms with Crippen LogP contribution in [-0.2, 0) is 16.2 Å². The van der Waals surface area contributed by atoms with Crippen molar-refractivity contribution in [1.29, 1.82) is 0 Å². The summed E-state index contributed by atoms with van der Waals surface area (Å²) in [7, 11) is 0.815. The molecule has 1 fully saturated rings. The molecule has 0 heterocycles. The Morgan fingerprint density at radius 2 is 1.96 bits per heavy atom. The molecular weight excluding hydrogens is 325 g/mol. The fourth-order valence-corrected chi connectivity index (χ4v) is 3.53. The topological polar surface area (TPSA) is 53.5 Å². The minimum Gasteiger partial charge on any atom is -0.356 e. The van der Waals surface area contributed by atoms with Gasteiger partial charge in [-0.15, -0.1) is 0 Å². The zero-order valence-corrected chi connectivity index (χ0v) is 15.8. The maximum Gasteiger partial charge on any atom is 0.191 e. The van der Waals surface area contributed by atoms with Gasteiger partial charge in [0.25, 0.3) is 0 Å². The maximum atomic E-state index is 14.0. The highest BCUT2D eigenvalue weighted by Crippen LogP contribution is 2.48. The van der Waals surface area contributed by atoms with E-state index in [1.165, 1.54) is 6.07 Å². The lowest BCUT2D eigenvalue weighted by Crippen LogP contribution is -2.43. The third-order valence-electron chi connectivity index (χ3n) is 4.38. The highest BCUT2D eigenvalue weighted by atomic mass is 32.2. The van der Waals surface area contributed by atoms with Gasteiger partial charge in [0.1, 0.15) is 5.82 Å². The zero-order valence-electron chi connectivity index (χ0n) is 15.0. The van der Waals surface area contributed by atoms with Gasteiger partial charge in [0, 0.05) is 46.9 Å². The number of guanidine groups is 1. The molecule has 0 spiro atoms. The molecule has 0 saturated heterocycles. The van der Waals surface area contributed by atoms with Gasteiger partial charge in [0.2, 0.25) is 0 Å². The number of hydrogen-bond donors (Lipinski definition) is 2. The first kappa shape index (κ1) is 18.9. The molecule has 2 N–H and O–H groups in total. The number of benzene rings is 1. The minimum absolute atomic E-state index is 0.128. The number of nitrogens with one attached hydrogen (secondary N) is 2. The zero-order chi connectivity index (χ0) is 17.8. The van der Waals surface area contributed by atoms with Gasteiger partial charge in [-0.25, -0.2) is 4.39 Å². The van der Waals surface area contributed by atoms with Crippen LogP contribution in [0.2, 0.25) is 0 Å². The quantitative estimate of drug-likeness (QED) is 0.610. The Balaban J connectivity index is 1.84. The molecule has 0 bridgehead atoms. The number of rotatable bonds is 6. The molecule has 1 unspecified atom stereocenters.